The summed E-state index contributed by atoms with van der Waals surface area (Å²) in [4.78, 5) is 0. The molecule has 0 saturated heterocycles. The van der Waals surface area contributed by atoms with Crippen LogP contribution in [0, 0.1) is 6.92 Å². The van der Waals surface area contributed by atoms with E-state index in [1.54, 1.807) is 6.07 Å². The molecule has 0 atom stereocenters. The maximum absolute atomic E-state index is 8.78. The summed E-state index contributed by atoms with van der Waals surface area (Å²) in [6.07, 6.45) is 0. The molecule has 0 heterocycles. The van der Waals surface area contributed by atoms with Gasteiger partial charge in [0.2, 0.25) is 0 Å². The van der Waals surface area contributed by atoms with E-state index >= 15 is 0 Å². The number of rotatable bonds is 1. The molecule has 5 N–H and O–H groups in total. The average Bonchev–Trinajstić information content (AvgIpc) is 1.99. The Labute approximate surface area is 65.6 Å². The molecule has 1 aromatic rings. The number of hydrogen-bond acceptors (Lipinski definition) is 3. The SMILES string of the molecule is Cc1cc(CO)cc(N)c1N. The number of nitrogen functional groups attached to an aromatic ring is 2. The molecule has 0 aromatic heterocycles. The lowest BCUT2D eigenvalue weighted by Gasteiger charge is -2.05. The van der Waals surface area contributed by atoms with E-state index in [1.165, 1.54) is 0 Å². The van der Waals surface area contributed by atoms with E-state index < -0.39 is 0 Å². The maximum atomic E-state index is 8.78. The van der Waals surface area contributed by atoms with Crippen LogP contribution < -0.4 is 11.5 Å². The molecule has 0 aliphatic heterocycles. The Morgan fingerprint density at radius 3 is 2.45 bits per heavy atom. The molecule has 0 aliphatic rings. The van der Waals surface area contributed by atoms with Gasteiger partial charge >= 0.3 is 0 Å². The van der Waals surface area contributed by atoms with Gasteiger partial charge in [-0.05, 0) is 24.1 Å². The lowest BCUT2D eigenvalue weighted by molar-refractivity contribution is 0.282. The third kappa shape index (κ3) is 1.43. The predicted octanol–water partition coefficient (Wildman–Crippen LogP) is 0.652. The van der Waals surface area contributed by atoms with Crippen LogP contribution >= 0.6 is 0 Å². The van der Waals surface area contributed by atoms with Gasteiger partial charge in [0, 0.05) is 0 Å². The van der Waals surface area contributed by atoms with Crippen molar-refractivity contribution >= 4 is 11.4 Å². The second-order valence-electron chi connectivity index (χ2n) is 2.57. The van der Waals surface area contributed by atoms with Crippen LogP contribution in [0.3, 0.4) is 0 Å². The second-order valence-corrected chi connectivity index (χ2v) is 2.57. The van der Waals surface area contributed by atoms with E-state index in [1.807, 2.05) is 13.0 Å². The summed E-state index contributed by atoms with van der Waals surface area (Å²) in [6.45, 7) is 1.87. The Bertz CT molecular complexity index is 248. The highest BCUT2D eigenvalue weighted by Gasteiger charge is 2.00. The molecular formula is C8H12N2O. The van der Waals surface area contributed by atoms with Crippen molar-refractivity contribution in [2.75, 3.05) is 11.5 Å². The van der Waals surface area contributed by atoms with Crippen molar-refractivity contribution in [3.05, 3.63) is 23.3 Å². The molecule has 0 unspecified atom stereocenters. The summed E-state index contributed by atoms with van der Waals surface area (Å²) >= 11 is 0. The normalized spacial score (nSPS) is 10.0. The van der Waals surface area contributed by atoms with Crippen molar-refractivity contribution in [2.24, 2.45) is 0 Å². The molecule has 1 aromatic carbocycles. The molecule has 1 rings (SSSR count). The predicted molar refractivity (Wildman–Crippen MR) is 45.9 cm³/mol. The lowest BCUT2D eigenvalue weighted by Crippen LogP contribution is -1.99. The summed E-state index contributed by atoms with van der Waals surface area (Å²) in [5.74, 6) is 0. The van der Waals surface area contributed by atoms with Gasteiger partial charge in [-0.3, -0.25) is 0 Å². The van der Waals surface area contributed by atoms with Crippen molar-refractivity contribution in [1.29, 1.82) is 0 Å². The Morgan fingerprint density at radius 1 is 1.36 bits per heavy atom. The van der Waals surface area contributed by atoms with Gasteiger partial charge in [0.15, 0.2) is 0 Å². The summed E-state index contributed by atoms with van der Waals surface area (Å²) in [7, 11) is 0. The number of aliphatic hydroxyl groups excluding tert-OH is 1. The van der Waals surface area contributed by atoms with Crippen LogP contribution in [0.1, 0.15) is 11.1 Å². The maximum Gasteiger partial charge on any atom is 0.0682 e. The van der Waals surface area contributed by atoms with Gasteiger partial charge in [-0.2, -0.15) is 0 Å². The van der Waals surface area contributed by atoms with E-state index in [2.05, 4.69) is 0 Å². The van der Waals surface area contributed by atoms with Gasteiger partial charge in [-0.25, -0.2) is 0 Å². The summed E-state index contributed by atoms with van der Waals surface area (Å²) in [6, 6.07) is 3.51. The topological polar surface area (TPSA) is 72.3 Å². The molecule has 0 saturated carbocycles. The smallest absolute Gasteiger partial charge is 0.0682 e. The minimum Gasteiger partial charge on any atom is -0.397 e. The Morgan fingerprint density at radius 2 is 2.00 bits per heavy atom. The number of aryl methyl sites for hydroxylation is 1. The molecule has 3 heteroatoms. The second kappa shape index (κ2) is 2.80. The van der Waals surface area contributed by atoms with Crippen LogP contribution in [0.25, 0.3) is 0 Å². The zero-order valence-corrected chi connectivity index (χ0v) is 6.46. The number of nitrogens with two attached hydrogens (primary N) is 2. The number of aliphatic hydroxyl groups is 1. The Balaban J connectivity index is 3.21. The molecule has 0 radical (unpaired) electrons. The van der Waals surface area contributed by atoms with E-state index in [4.69, 9.17) is 16.6 Å². The molecule has 0 amide bonds. The van der Waals surface area contributed by atoms with Gasteiger partial charge in [0.05, 0.1) is 18.0 Å². The van der Waals surface area contributed by atoms with Crippen LogP contribution in [0.4, 0.5) is 11.4 Å². The fraction of sp³-hybridized carbons (Fsp3) is 0.250. The third-order valence-corrected chi connectivity index (χ3v) is 1.66. The van der Waals surface area contributed by atoms with Crippen molar-refractivity contribution < 1.29 is 5.11 Å². The van der Waals surface area contributed by atoms with Crippen LogP contribution in [0.15, 0.2) is 12.1 Å². The highest BCUT2D eigenvalue weighted by Crippen LogP contribution is 2.21. The molecule has 60 valence electrons. The third-order valence-electron chi connectivity index (χ3n) is 1.66. The minimum absolute atomic E-state index is 0.00528. The molecule has 0 aliphatic carbocycles. The Kier molecular flexibility index (Phi) is 2.01. The molecule has 0 bridgehead atoms. The first-order valence-electron chi connectivity index (χ1n) is 3.40. The highest BCUT2D eigenvalue weighted by molar-refractivity contribution is 5.68. The molecule has 0 fully saturated rings. The fourth-order valence-electron chi connectivity index (χ4n) is 0.994. The first-order chi connectivity index (χ1) is 5.15. The minimum atomic E-state index is 0.00528. The first-order valence-corrected chi connectivity index (χ1v) is 3.40. The van der Waals surface area contributed by atoms with Crippen molar-refractivity contribution in [2.45, 2.75) is 13.5 Å². The van der Waals surface area contributed by atoms with Crippen molar-refractivity contribution in [3.63, 3.8) is 0 Å². The molecule has 0 spiro atoms. The van der Waals surface area contributed by atoms with Gasteiger partial charge in [-0.1, -0.05) is 6.07 Å². The largest absolute Gasteiger partial charge is 0.397 e. The number of hydrogen-bond donors (Lipinski definition) is 3. The number of benzene rings is 1. The van der Waals surface area contributed by atoms with E-state index in [0.29, 0.717) is 11.4 Å². The van der Waals surface area contributed by atoms with Crippen LogP contribution in [-0.4, -0.2) is 5.11 Å². The fourth-order valence-corrected chi connectivity index (χ4v) is 0.994. The van der Waals surface area contributed by atoms with E-state index in [9.17, 15) is 0 Å². The highest BCUT2D eigenvalue weighted by atomic mass is 16.3. The monoisotopic (exact) mass is 152 g/mol. The molecular weight excluding hydrogens is 140 g/mol. The van der Waals surface area contributed by atoms with Crippen LogP contribution in [0.5, 0.6) is 0 Å². The average molecular weight is 152 g/mol. The van der Waals surface area contributed by atoms with E-state index in [0.717, 1.165) is 11.1 Å². The van der Waals surface area contributed by atoms with Crippen molar-refractivity contribution in [1.82, 2.24) is 0 Å². The van der Waals surface area contributed by atoms with Crippen LogP contribution in [-0.2, 0) is 6.61 Å². The molecule has 11 heavy (non-hydrogen) atoms. The van der Waals surface area contributed by atoms with Gasteiger partial charge < -0.3 is 16.6 Å². The zero-order chi connectivity index (χ0) is 8.43. The van der Waals surface area contributed by atoms with E-state index in [-0.39, 0.29) is 6.61 Å². The summed E-state index contributed by atoms with van der Waals surface area (Å²) < 4.78 is 0. The molecule has 3 nitrogen and oxygen atoms in total. The van der Waals surface area contributed by atoms with Crippen LogP contribution in [0.2, 0.25) is 0 Å². The standard InChI is InChI=1S/C8H12N2O/c1-5-2-6(4-11)3-7(9)8(5)10/h2-3,11H,4,9-10H2,1H3. The summed E-state index contributed by atoms with van der Waals surface area (Å²) in [5, 5.41) is 8.78. The Hall–Kier alpha value is -1.22. The van der Waals surface area contributed by atoms with Crippen molar-refractivity contribution in [3.8, 4) is 0 Å². The number of anilines is 2. The van der Waals surface area contributed by atoms with Gasteiger partial charge in [0.25, 0.3) is 0 Å². The quantitative estimate of drug-likeness (QED) is 0.517. The lowest BCUT2D eigenvalue weighted by atomic mass is 10.1. The summed E-state index contributed by atoms with van der Waals surface area (Å²) in [5.41, 5.74) is 14.0. The van der Waals surface area contributed by atoms with Gasteiger partial charge in [0.1, 0.15) is 0 Å². The first kappa shape index (κ1) is 7.88. The zero-order valence-electron chi connectivity index (χ0n) is 6.46. The van der Waals surface area contributed by atoms with Gasteiger partial charge in [-0.15, -0.1) is 0 Å².